The fourth-order valence-electron chi connectivity index (χ4n) is 7.15. The Morgan fingerprint density at radius 1 is 0.517 bits per heavy atom. The van der Waals surface area contributed by atoms with Crippen LogP contribution >= 0.6 is 0 Å². The van der Waals surface area contributed by atoms with Gasteiger partial charge in [0.05, 0.1) is 6.61 Å². The second kappa shape index (κ2) is 39.3. The molecule has 4 N–H and O–H groups in total. The van der Waals surface area contributed by atoms with Gasteiger partial charge in [0.2, 0.25) is 0 Å². The number of rotatable bonds is 40. The fourth-order valence-corrected chi connectivity index (χ4v) is 7.15. The molecule has 0 aromatic carbocycles. The number of carbonyl (C=O) groups is 3. The molecule has 0 aliphatic carbocycles. The van der Waals surface area contributed by atoms with Crippen LogP contribution in [0.5, 0.6) is 0 Å². The summed E-state index contributed by atoms with van der Waals surface area (Å²) in [5.41, 5.74) is 0. The molecule has 348 valence electrons. The topological polar surface area (TPSA) is 169 Å². The first kappa shape index (κ1) is 55.4. The lowest BCUT2D eigenvalue weighted by atomic mass is 9.99. The Morgan fingerprint density at radius 2 is 0.967 bits per heavy atom. The van der Waals surface area contributed by atoms with Gasteiger partial charge in [0.15, 0.2) is 18.5 Å². The van der Waals surface area contributed by atoms with E-state index >= 15 is 0 Å². The van der Waals surface area contributed by atoms with E-state index in [2.05, 4.69) is 50.3 Å². The molecule has 11 nitrogen and oxygen atoms in total. The van der Waals surface area contributed by atoms with Gasteiger partial charge in [0.1, 0.15) is 24.9 Å². The third-order valence-electron chi connectivity index (χ3n) is 10.9. The number of hydrogen-bond acceptors (Lipinski definition) is 10. The molecule has 0 radical (unpaired) electrons. The van der Waals surface area contributed by atoms with Crippen LogP contribution in [0.4, 0.5) is 0 Å². The van der Waals surface area contributed by atoms with E-state index in [4.69, 9.17) is 18.9 Å². The Labute approximate surface area is 363 Å². The molecule has 0 aromatic heterocycles. The van der Waals surface area contributed by atoms with Crippen molar-refractivity contribution < 1.29 is 53.8 Å². The summed E-state index contributed by atoms with van der Waals surface area (Å²) in [6.45, 7) is 3.74. The quantitative estimate of drug-likeness (QED) is 0.0263. The van der Waals surface area contributed by atoms with Crippen LogP contribution in [0.2, 0.25) is 0 Å². The molecule has 0 saturated carbocycles. The van der Waals surface area contributed by atoms with Gasteiger partial charge in [0.25, 0.3) is 0 Å². The number of ether oxygens (including phenoxy) is 4. The summed E-state index contributed by atoms with van der Waals surface area (Å²) < 4.78 is 21.7. The summed E-state index contributed by atoms with van der Waals surface area (Å²) in [6, 6.07) is 0. The zero-order valence-electron chi connectivity index (χ0n) is 37.7. The van der Waals surface area contributed by atoms with E-state index in [-0.39, 0.29) is 19.4 Å². The second-order valence-corrected chi connectivity index (χ2v) is 16.6. The van der Waals surface area contributed by atoms with Gasteiger partial charge < -0.3 is 39.4 Å². The largest absolute Gasteiger partial charge is 0.479 e. The van der Waals surface area contributed by atoms with Gasteiger partial charge in [-0.25, -0.2) is 4.79 Å². The Balaban J connectivity index is 2.32. The normalized spacial score (nSPS) is 20.1. The molecule has 6 atom stereocenters. The number of carboxylic acids is 1. The molecule has 1 aliphatic rings. The van der Waals surface area contributed by atoms with Gasteiger partial charge >= 0.3 is 17.9 Å². The van der Waals surface area contributed by atoms with Crippen LogP contribution in [0.25, 0.3) is 0 Å². The molecular formula is C49H86O11. The van der Waals surface area contributed by atoms with Crippen LogP contribution in [-0.4, -0.2) is 88.4 Å². The fraction of sp³-hybridized carbons (Fsp3) is 0.816. The van der Waals surface area contributed by atoms with Gasteiger partial charge in [0, 0.05) is 12.8 Å². The summed E-state index contributed by atoms with van der Waals surface area (Å²) in [6.07, 6.45) is 36.3. The van der Waals surface area contributed by atoms with Crippen molar-refractivity contribution in [1.82, 2.24) is 0 Å². The molecule has 0 aromatic rings. The monoisotopic (exact) mass is 851 g/mol. The van der Waals surface area contributed by atoms with E-state index in [0.29, 0.717) is 12.8 Å². The van der Waals surface area contributed by atoms with Crippen molar-refractivity contribution in [3.8, 4) is 0 Å². The molecular weight excluding hydrogens is 765 g/mol. The van der Waals surface area contributed by atoms with Crippen LogP contribution in [-0.2, 0) is 33.3 Å². The number of esters is 2. The lowest BCUT2D eigenvalue weighted by Gasteiger charge is -2.38. The van der Waals surface area contributed by atoms with Gasteiger partial charge in [-0.05, 0) is 64.2 Å². The molecule has 0 spiro atoms. The van der Waals surface area contributed by atoms with Crippen molar-refractivity contribution in [2.24, 2.45) is 0 Å². The summed E-state index contributed by atoms with van der Waals surface area (Å²) in [5, 5.41) is 39.8. The number of unbranched alkanes of at least 4 members (excludes halogenated alkanes) is 23. The third-order valence-corrected chi connectivity index (χ3v) is 10.9. The Morgan fingerprint density at radius 3 is 1.47 bits per heavy atom. The van der Waals surface area contributed by atoms with Crippen molar-refractivity contribution in [2.45, 2.75) is 243 Å². The predicted molar refractivity (Wildman–Crippen MR) is 238 cm³/mol. The van der Waals surface area contributed by atoms with Crippen LogP contribution in [0.1, 0.15) is 206 Å². The summed E-state index contributed by atoms with van der Waals surface area (Å²) in [4.78, 5) is 36.9. The lowest BCUT2D eigenvalue weighted by Crippen LogP contribution is -2.60. The Kier molecular flexibility index (Phi) is 36.3. The standard InChI is InChI=1S/C49H86O11/c1-3-5-7-9-11-13-15-17-18-19-20-21-22-23-24-26-28-30-32-34-36-38-43(51)59-41(40-58-49-46(54)44(52)45(53)47(60-49)48(55)56)39-57-42(50)37-35-33-31-29-27-25-16-14-12-10-8-6-4-2/h8,10,14,16,19-20,41,44-47,49,52-54H,3-7,9,11-13,15,17-18,21-40H2,1-2H3,(H,55,56)/b10-8-,16-14-,20-19-. The molecule has 1 heterocycles. The van der Waals surface area contributed by atoms with Crippen molar-refractivity contribution in [3.63, 3.8) is 0 Å². The van der Waals surface area contributed by atoms with E-state index in [1.54, 1.807) is 0 Å². The molecule has 6 unspecified atom stereocenters. The Hall–Kier alpha value is -2.57. The highest BCUT2D eigenvalue weighted by atomic mass is 16.7. The molecule has 1 fully saturated rings. The molecule has 1 rings (SSSR count). The number of aliphatic carboxylic acids is 1. The number of allylic oxidation sites excluding steroid dienone is 6. The second-order valence-electron chi connectivity index (χ2n) is 16.6. The summed E-state index contributed by atoms with van der Waals surface area (Å²) in [7, 11) is 0. The molecule has 1 saturated heterocycles. The maximum absolute atomic E-state index is 12.8. The zero-order valence-corrected chi connectivity index (χ0v) is 37.7. The molecule has 0 bridgehead atoms. The average molecular weight is 851 g/mol. The van der Waals surface area contributed by atoms with Gasteiger partial charge in [-0.1, -0.05) is 166 Å². The van der Waals surface area contributed by atoms with Gasteiger partial charge in [-0.15, -0.1) is 0 Å². The highest BCUT2D eigenvalue weighted by molar-refractivity contribution is 5.73. The van der Waals surface area contributed by atoms with Gasteiger partial charge in [-0.2, -0.15) is 0 Å². The molecule has 60 heavy (non-hydrogen) atoms. The first-order chi connectivity index (χ1) is 29.2. The number of carboxylic acid groups (broad SMARTS) is 1. The Bertz CT molecular complexity index is 1140. The average Bonchev–Trinajstić information content (AvgIpc) is 3.23. The smallest absolute Gasteiger partial charge is 0.335 e. The zero-order chi connectivity index (χ0) is 43.9. The number of hydrogen-bond donors (Lipinski definition) is 4. The predicted octanol–water partition coefficient (Wildman–Crippen LogP) is 10.8. The van der Waals surface area contributed by atoms with E-state index in [1.807, 2.05) is 0 Å². The first-order valence-corrected chi connectivity index (χ1v) is 24.0. The van der Waals surface area contributed by atoms with Crippen molar-refractivity contribution >= 4 is 17.9 Å². The highest BCUT2D eigenvalue weighted by Crippen LogP contribution is 2.23. The summed E-state index contributed by atoms with van der Waals surface area (Å²) >= 11 is 0. The molecule has 11 heteroatoms. The maximum Gasteiger partial charge on any atom is 0.335 e. The minimum Gasteiger partial charge on any atom is -0.479 e. The lowest BCUT2D eigenvalue weighted by molar-refractivity contribution is -0.298. The maximum atomic E-state index is 12.8. The van der Waals surface area contributed by atoms with E-state index in [0.717, 1.165) is 64.2 Å². The van der Waals surface area contributed by atoms with Crippen molar-refractivity contribution in [2.75, 3.05) is 13.2 Å². The minimum atomic E-state index is -1.86. The van der Waals surface area contributed by atoms with E-state index in [1.165, 1.54) is 103 Å². The molecule has 1 aliphatic heterocycles. The first-order valence-electron chi connectivity index (χ1n) is 24.0. The highest BCUT2D eigenvalue weighted by Gasteiger charge is 2.47. The number of aliphatic hydroxyl groups excluding tert-OH is 3. The van der Waals surface area contributed by atoms with Crippen LogP contribution in [0.3, 0.4) is 0 Å². The van der Waals surface area contributed by atoms with E-state index < -0.39 is 61.3 Å². The van der Waals surface area contributed by atoms with Crippen LogP contribution < -0.4 is 0 Å². The van der Waals surface area contributed by atoms with Crippen molar-refractivity contribution in [3.05, 3.63) is 36.5 Å². The number of aliphatic hydroxyl groups is 3. The van der Waals surface area contributed by atoms with Crippen molar-refractivity contribution in [1.29, 1.82) is 0 Å². The van der Waals surface area contributed by atoms with Gasteiger partial charge in [-0.3, -0.25) is 9.59 Å². The number of carbonyl (C=O) groups excluding carboxylic acids is 2. The molecule has 0 amide bonds. The SMILES string of the molecule is CCC/C=C\C/C=C\CCCCCCCC(=O)OCC(COC1OC(C(=O)O)C(O)C(O)C1O)OC(=O)CCCCCCCCCCC/C=C\CCCCCCCCCC. The van der Waals surface area contributed by atoms with Crippen LogP contribution in [0.15, 0.2) is 36.5 Å². The minimum absolute atomic E-state index is 0.178. The third kappa shape index (κ3) is 30.5. The van der Waals surface area contributed by atoms with Crippen LogP contribution in [0, 0.1) is 0 Å². The summed E-state index contributed by atoms with van der Waals surface area (Å²) in [5.74, 6) is -2.46. The van der Waals surface area contributed by atoms with E-state index in [9.17, 15) is 34.8 Å².